The molecular formula is C22H23N3O3. The molecule has 0 aliphatic carbocycles. The minimum atomic E-state index is -0.273. The number of benzene rings is 2. The second kappa shape index (κ2) is 9.41. The summed E-state index contributed by atoms with van der Waals surface area (Å²) in [5, 5.41) is 6.08. The Kier molecular flexibility index (Phi) is 6.46. The van der Waals surface area contributed by atoms with Gasteiger partial charge in [-0.05, 0) is 62.4 Å². The SMILES string of the molecule is CCOc1ccc(NC(=O)c2ccc(Nc3ccccc3OCC)cn2)cc1. The average Bonchev–Trinajstić information content (AvgIpc) is 2.72. The monoisotopic (exact) mass is 377 g/mol. The van der Waals surface area contributed by atoms with Gasteiger partial charge in [-0.15, -0.1) is 0 Å². The first-order valence-electron chi connectivity index (χ1n) is 9.18. The highest BCUT2D eigenvalue weighted by molar-refractivity contribution is 6.03. The Morgan fingerprint density at radius 3 is 2.29 bits per heavy atom. The lowest BCUT2D eigenvalue weighted by molar-refractivity contribution is 0.102. The molecule has 1 heterocycles. The normalized spacial score (nSPS) is 10.2. The van der Waals surface area contributed by atoms with Gasteiger partial charge in [0.15, 0.2) is 0 Å². The molecule has 6 nitrogen and oxygen atoms in total. The Hall–Kier alpha value is -3.54. The molecule has 0 saturated carbocycles. The van der Waals surface area contributed by atoms with E-state index < -0.39 is 0 Å². The molecule has 6 heteroatoms. The number of carbonyl (C=O) groups excluding carboxylic acids is 1. The van der Waals surface area contributed by atoms with Crippen molar-refractivity contribution in [3.05, 3.63) is 72.6 Å². The maximum atomic E-state index is 12.4. The van der Waals surface area contributed by atoms with E-state index in [0.29, 0.717) is 24.6 Å². The van der Waals surface area contributed by atoms with E-state index in [1.54, 1.807) is 24.4 Å². The van der Waals surface area contributed by atoms with Crippen molar-refractivity contribution in [2.24, 2.45) is 0 Å². The minimum Gasteiger partial charge on any atom is -0.494 e. The number of carbonyl (C=O) groups is 1. The van der Waals surface area contributed by atoms with Crippen LogP contribution in [0.25, 0.3) is 0 Å². The summed E-state index contributed by atoms with van der Waals surface area (Å²) in [6.07, 6.45) is 1.62. The average molecular weight is 377 g/mol. The fourth-order valence-electron chi connectivity index (χ4n) is 2.61. The molecule has 2 N–H and O–H groups in total. The maximum Gasteiger partial charge on any atom is 0.274 e. The third kappa shape index (κ3) is 5.01. The van der Waals surface area contributed by atoms with Crippen molar-refractivity contribution >= 4 is 23.0 Å². The van der Waals surface area contributed by atoms with Crippen molar-refractivity contribution in [3.63, 3.8) is 0 Å². The topological polar surface area (TPSA) is 72.5 Å². The van der Waals surface area contributed by atoms with E-state index in [1.165, 1.54) is 0 Å². The van der Waals surface area contributed by atoms with Crippen LogP contribution in [0, 0.1) is 0 Å². The number of anilines is 3. The van der Waals surface area contributed by atoms with Gasteiger partial charge in [0.05, 0.1) is 30.8 Å². The molecule has 3 rings (SSSR count). The molecule has 2 aromatic carbocycles. The van der Waals surface area contributed by atoms with Crippen LogP contribution in [0.2, 0.25) is 0 Å². The molecule has 1 amide bonds. The number of hydrogen-bond acceptors (Lipinski definition) is 5. The van der Waals surface area contributed by atoms with Crippen molar-refractivity contribution in [2.45, 2.75) is 13.8 Å². The van der Waals surface area contributed by atoms with E-state index in [9.17, 15) is 4.79 Å². The number of amides is 1. The van der Waals surface area contributed by atoms with E-state index in [0.717, 1.165) is 22.9 Å². The van der Waals surface area contributed by atoms with Crippen LogP contribution in [-0.2, 0) is 0 Å². The van der Waals surface area contributed by atoms with Crippen molar-refractivity contribution < 1.29 is 14.3 Å². The van der Waals surface area contributed by atoms with Gasteiger partial charge in [0.25, 0.3) is 5.91 Å². The zero-order valence-electron chi connectivity index (χ0n) is 15.9. The molecule has 0 aliphatic rings. The predicted molar refractivity (Wildman–Crippen MR) is 111 cm³/mol. The van der Waals surface area contributed by atoms with Crippen LogP contribution < -0.4 is 20.1 Å². The number of nitrogens with one attached hydrogen (secondary N) is 2. The number of nitrogens with zero attached hydrogens (tertiary/aromatic N) is 1. The van der Waals surface area contributed by atoms with Gasteiger partial charge in [0.1, 0.15) is 17.2 Å². The minimum absolute atomic E-state index is 0.273. The highest BCUT2D eigenvalue weighted by atomic mass is 16.5. The van der Waals surface area contributed by atoms with Crippen LogP contribution in [0.3, 0.4) is 0 Å². The summed E-state index contributed by atoms with van der Waals surface area (Å²) in [4.78, 5) is 16.6. The zero-order chi connectivity index (χ0) is 19.8. The summed E-state index contributed by atoms with van der Waals surface area (Å²) in [6.45, 7) is 5.05. The quantitative estimate of drug-likeness (QED) is 0.586. The number of rotatable bonds is 8. The molecule has 28 heavy (non-hydrogen) atoms. The zero-order valence-corrected chi connectivity index (χ0v) is 15.9. The Bertz CT molecular complexity index is 909. The lowest BCUT2D eigenvalue weighted by Crippen LogP contribution is -2.13. The second-order valence-electron chi connectivity index (χ2n) is 5.90. The third-order valence-electron chi connectivity index (χ3n) is 3.89. The number of pyridine rings is 1. The molecule has 0 aliphatic heterocycles. The van der Waals surface area contributed by atoms with Gasteiger partial charge in [-0.1, -0.05) is 12.1 Å². The lowest BCUT2D eigenvalue weighted by atomic mass is 10.2. The Balaban J connectivity index is 1.64. The van der Waals surface area contributed by atoms with E-state index >= 15 is 0 Å². The number of para-hydroxylation sites is 2. The summed E-state index contributed by atoms with van der Waals surface area (Å²) in [5.74, 6) is 1.26. The van der Waals surface area contributed by atoms with Crippen LogP contribution in [0.5, 0.6) is 11.5 Å². The molecule has 0 atom stereocenters. The first kappa shape index (κ1) is 19.2. The van der Waals surface area contributed by atoms with Gasteiger partial charge in [0.2, 0.25) is 0 Å². The smallest absolute Gasteiger partial charge is 0.274 e. The first-order valence-corrected chi connectivity index (χ1v) is 9.18. The summed E-state index contributed by atoms with van der Waals surface area (Å²) < 4.78 is 11.0. The molecule has 1 aromatic heterocycles. The molecule has 3 aromatic rings. The van der Waals surface area contributed by atoms with Gasteiger partial charge < -0.3 is 20.1 Å². The molecular weight excluding hydrogens is 354 g/mol. The van der Waals surface area contributed by atoms with Crippen molar-refractivity contribution in [1.82, 2.24) is 4.98 Å². The molecule has 0 bridgehead atoms. The predicted octanol–water partition coefficient (Wildman–Crippen LogP) is 4.87. The standard InChI is InChI=1S/C22H23N3O3/c1-3-27-18-12-9-16(10-13-18)25-22(26)20-14-11-17(15-23-20)24-19-7-5-6-8-21(19)28-4-2/h5-15,24H,3-4H2,1-2H3,(H,25,26). The Morgan fingerprint density at radius 2 is 1.61 bits per heavy atom. The summed E-state index contributed by atoms with van der Waals surface area (Å²) in [6, 6.07) is 18.4. The fraction of sp³-hybridized carbons (Fsp3) is 0.182. The van der Waals surface area contributed by atoms with Crippen LogP contribution >= 0.6 is 0 Å². The van der Waals surface area contributed by atoms with Crippen LogP contribution in [0.4, 0.5) is 17.1 Å². The van der Waals surface area contributed by atoms with Crippen LogP contribution in [0.15, 0.2) is 66.9 Å². The second-order valence-corrected chi connectivity index (χ2v) is 5.90. The van der Waals surface area contributed by atoms with E-state index in [1.807, 2.05) is 56.3 Å². The summed E-state index contributed by atoms with van der Waals surface area (Å²) in [5.41, 5.74) is 2.63. The molecule has 0 fully saturated rings. The Labute approximate surface area is 164 Å². The van der Waals surface area contributed by atoms with E-state index in [4.69, 9.17) is 9.47 Å². The molecule has 0 radical (unpaired) electrons. The highest BCUT2D eigenvalue weighted by Gasteiger charge is 2.09. The molecule has 0 unspecified atom stereocenters. The highest BCUT2D eigenvalue weighted by Crippen LogP contribution is 2.27. The first-order chi connectivity index (χ1) is 13.7. The molecule has 0 saturated heterocycles. The van der Waals surface area contributed by atoms with E-state index in [2.05, 4.69) is 15.6 Å². The van der Waals surface area contributed by atoms with Gasteiger partial charge in [-0.2, -0.15) is 0 Å². The van der Waals surface area contributed by atoms with Gasteiger partial charge in [0, 0.05) is 5.69 Å². The molecule has 0 spiro atoms. The maximum absolute atomic E-state index is 12.4. The van der Waals surface area contributed by atoms with Gasteiger partial charge >= 0.3 is 0 Å². The van der Waals surface area contributed by atoms with E-state index in [-0.39, 0.29) is 5.91 Å². The molecule has 144 valence electrons. The Morgan fingerprint density at radius 1 is 0.893 bits per heavy atom. The van der Waals surface area contributed by atoms with Gasteiger partial charge in [-0.3, -0.25) is 4.79 Å². The van der Waals surface area contributed by atoms with Crippen LogP contribution in [0.1, 0.15) is 24.3 Å². The van der Waals surface area contributed by atoms with Crippen molar-refractivity contribution in [2.75, 3.05) is 23.8 Å². The van der Waals surface area contributed by atoms with Crippen LogP contribution in [-0.4, -0.2) is 24.1 Å². The number of hydrogen-bond donors (Lipinski definition) is 2. The fourth-order valence-corrected chi connectivity index (χ4v) is 2.61. The third-order valence-corrected chi connectivity index (χ3v) is 3.89. The summed E-state index contributed by atoms with van der Waals surface area (Å²) in [7, 11) is 0. The lowest BCUT2D eigenvalue weighted by Gasteiger charge is -2.12. The van der Waals surface area contributed by atoms with Crippen molar-refractivity contribution in [1.29, 1.82) is 0 Å². The summed E-state index contributed by atoms with van der Waals surface area (Å²) >= 11 is 0. The largest absolute Gasteiger partial charge is 0.494 e. The number of ether oxygens (including phenoxy) is 2. The number of aromatic nitrogens is 1. The van der Waals surface area contributed by atoms with Gasteiger partial charge in [-0.25, -0.2) is 4.98 Å². The van der Waals surface area contributed by atoms with Crippen molar-refractivity contribution in [3.8, 4) is 11.5 Å².